The van der Waals surface area contributed by atoms with Gasteiger partial charge in [0.15, 0.2) is 0 Å². The summed E-state index contributed by atoms with van der Waals surface area (Å²) in [6.07, 6.45) is -1.21. The molecular weight excluding hydrogens is 164 g/mol. The molecule has 0 aromatic rings. The SMILES string of the molecule is C=C(C)C(=O)O.CCOC(=O)O. The number of aliphatic carboxylic acids is 1. The minimum absolute atomic E-state index is 0.176. The summed E-state index contributed by atoms with van der Waals surface area (Å²) in [6, 6.07) is 0. The van der Waals surface area contributed by atoms with Crippen molar-refractivity contribution >= 4 is 12.1 Å². The summed E-state index contributed by atoms with van der Waals surface area (Å²) in [5.74, 6) is -0.935. The number of hydrogen-bond donors (Lipinski definition) is 2. The fraction of sp³-hybridized carbons (Fsp3) is 0.429. The molecular formula is C7H12O5. The Kier molecular flexibility index (Phi) is 8.28. The zero-order chi connectivity index (χ0) is 10.1. The summed E-state index contributed by atoms with van der Waals surface area (Å²) in [6.45, 7) is 6.45. The van der Waals surface area contributed by atoms with E-state index in [0.29, 0.717) is 0 Å². The van der Waals surface area contributed by atoms with Crippen molar-refractivity contribution in [3.8, 4) is 0 Å². The Morgan fingerprint density at radius 3 is 1.75 bits per heavy atom. The van der Waals surface area contributed by atoms with E-state index in [1.807, 2.05) is 0 Å². The van der Waals surface area contributed by atoms with Gasteiger partial charge in [-0.1, -0.05) is 6.58 Å². The van der Waals surface area contributed by atoms with Gasteiger partial charge >= 0.3 is 12.1 Å². The van der Waals surface area contributed by atoms with Crippen molar-refractivity contribution in [2.45, 2.75) is 13.8 Å². The molecule has 0 saturated heterocycles. The van der Waals surface area contributed by atoms with Crippen LogP contribution < -0.4 is 0 Å². The van der Waals surface area contributed by atoms with E-state index < -0.39 is 12.1 Å². The Hall–Kier alpha value is -1.52. The number of carboxylic acid groups (broad SMARTS) is 2. The lowest BCUT2D eigenvalue weighted by atomic mass is 10.4. The Morgan fingerprint density at radius 2 is 1.75 bits per heavy atom. The van der Waals surface area contributed by atoms with Crippen LogP contribution in [0.5, 0.6) is 0 Å². The van der Waals surface area contributed by atoms with Crippen LogP contribution in [-0.4, -0.2) is 28.9 Å². The average Bonchev–Trinajstić information content (AvgIpc) is 1.87. The zero-order valence-electron chi connectivity index (χ0n) is 7.03. The molecule has 12 heavy (non-hydrogen) atoms. The van der Waals surface area contributed by atoms with Crippen LogP contribution in [0.4, 0.5) is 4.79 Å². The first-order chi connectivity index (χ1) is 5.41. The average molecular weight is 176 g/mol. The maximum Gasteiger partial charge on any atom is 0.505 e. The second kappa shape index (κ2) is 7.59. The molecule has 0 radical (unpaired) electrons. The van der Waals surface area contributed by atoms with Crippen molar-refractivity contribution in [3.05, 3.63) is 12.2 Å². The fourth-order valence-electron chi connectivity index (χ4n) is 0.123. The second-order valence-electron chi connectivity index (χ2n) is 1.78. The molecule has 0 heterocycles. The molecule has 2 N–H and O–H groups in total. The molecule has 70 valence electrons. The van der Waals surface area contributed by atoms with Gasteiger partial charge in [-0.15, -0.1) is 0 Å². The van der Waals surface area contributed by atoms with Gasteiger partial charge in [-0.2, -0.15) is 0 Å². The molecule has 5 nitrogen and oxygen atoms in total. The van der Waals surface area contributed by atoms with Gasteiger partial charge in [0.25, 0.3) is 0 Å². The highest BCUT2D eigenvalue weighted by Crippen LogP contribution is 1.81. The summed E-state index contributed by atoms with van der Waals surface area (Å²) in [4.78, 5) is 19.0. The van der Waals surface area contributed by atoms with Gasteiger partial charge in [0.2, 0.25) is 0 Å². The van der Waals surface area contributed by atoms with E-state index in [0.717, 1.165) is 0 Å². The zero-order valence-corrected chi connectivity index (χ0v) is 7.03. The van der Waals surface area contributed by atoms with Crippen LogP contribution in [0.2, 0.25) is 0 Å². The summed E-state index contributed by atoms with van der Waals surface area (Å²) in [7, 11) is 0. The third-order valence-electron chi connectivity index (χ3n) is 0.633. The van der Waals surface area contributed by atoms with Crippen molar-refractivity contribution in [1.29, 1.82) is 0 Å². The number of ether oxygens (including phenoxy) is 1. The van der Waals surface area contributed by atoms with Crippen molar-refractivity contribution in [2.24, 2.45) is 0 Å². The first-order valence-electron chi connectivity index (χ1n) is 3.16. The summed E-state index contributed by atoms with van der Waals surface area (Å²) in [5.41, 5.74) is 0.176. The van der Waals surface area contributed by atoms with Gasteiger partial charge in [0.1, 0.15) is 0 Å². The van der Waals surface area contributed by atoms with E-state index in [-0.39, 0.29) is 12.2 Å². The van der Waals surface area contributed by atoms with Crippen LogP contribution in [0.1, 0.15) is 13.8 Å². The van der Waals surface area contributed by atoms with E-state index in [1.54, 1.807) is 6.92 Å². The van der Waals surface area contributed by atoms with Crippen LogP contribution in [0, 0.1) is 0 Å². The molecule has 0 saturated carbocycles. The fourth-order valence-corrected chi connectivity index (χ4v) is 0.123. The third-order valence-corrected chi connectivity index (χ3v) is 0.633. The topological polar surface area (TPSA) is 83.8 Å². The van der Waals surface area contributed by atoms with Crippen LogP contribution in [0.25, 0.3) is 0 Å². The third kappa shape index (κ3) is 15.8. The minimum Gasteiger partial charge on any atom is -0.478 e. The molecule has 0 fully saturated rings. The highest BCUT2D eigenvalue weighted by atomic mass is 16.7. The van der Waals surface area contributed by atoms with Crippen LogP contribution in [0.3, 0.4) is 0 Å². The molecule has 0 unspecified atom stereocenters. The Balaban J connectivity index is 0. The monoisotopic (exact) mass is 176 g/mol. The largest absolute Gasteiger partial charge is 0.505 e. The van der Waals surface area contributed by atoms with E-state index in [9.17, 15) is 9.59 Å². The van der Waals surface area contributed by atoms with Gasteiger partial charge in [-0.25, -0.2) is 9.59 Å². The van der Waals surface area contributed by atoms with Gasteiger partial charge < -0.3 is 14.9 Å². The van der Waals surface area contributed by atoms with E-state index >= 15 is 0 Å². The van der Waals surface area contributed by atoms with Crippen LogP contribution in [-0.2, 0) is 9.53 Å². The normalized spacial score (nSPS) is 7.50. The Bertz CT molecular complexity index is 161. The molecule has 0 rings (SSSR count). The predicted octanol–water partition coefficient (Wildman–Crippen LogP) is 1.35. The first kappa shape index (κ1) is 13.1. The molecule has 5 heteroatoms. The number of hydrogen-bond acceptors (Lipinski definition) is 3. The summed E-state index contributed by atoms with van der Waals surface area (Å²) in [5, 5.41) is 15.6. The molecule has 0 aliphatic rings. The highest BCUT2D eigenvalue weighted by molar-refractivity contribution is 5.84. The lowest BCUT2D eigenvalue weighted by Gasteiger charge is -1.87. The summed E-state index contributed by atoms with van der Waals surface area (Å²) < 4.78 is 3.96. The van der Waals surface area contributed by atoms with Gasteiger partial charge in [0, 0.05) is 5.57 Å². The predicted molar refractivity (Wildman–Crippen MR) is 42.1 cm³/mol. The van der Waals surface area contributed by atoms with E-state index in [2.05, 4.69) is 11.3 Å². The van der Waals surface area contributed by atoms with Gasteiger partial charge in [0.05, 0.1) is 6.61 Å². The van der Waals surface area contributed by atoms with E-state index in [4.69, 9.17) is 10.2 Å². The number of carbonyl (C=O) groups is 2. The molecule has 0 aliphatic carbocycles. The smallest absolute Gasteiger partial charge is 0.478 e. The number of rotatable bonds is 2. The maximum atomic E-state index is 9.60. The quantitative estimate of drug-likeness (QED) is 0.490. The maximum absolute atomic E-state index is 9.60. The molecule has 0 amide bonds. The highest BCUT2D eigenvalue weighted by Gasteiger charge is 1.90. The molecule has 0 spiro atoms. The van der Waals surface area contributed by atoms with E-state index in [1.165, 1.54) is 6.92 Å². The lowest BCUT2D eigenvalue weighted by Crippen LogP contribution is -1.97. The van der Waals surface area contributed by atoms with Crippen LogP contribution >= 0.6 is 0 Å². The summed E-state index contributed by atoms with van der Waals surface area (Å²) >= 11 is 0. The molecule has 0 atom stereocenters. The minimum atomic E-state index is -1.21. The molecule has 0 aliphatic heterocycles. The van der Waals surface area contributed by atoms with Gasteiger partial charge in [-0.3, -0.25) is 0 Å². The van der Waals surface area contributed by atoms with Crippen molar-refractivity contribution in [3.63, 3.8) is 0 Å². The van der Waals surface area contributed by atoms with Crippen LogP contribution in [0.15, 0.2) is 12.2 Å². The van der Waals surface area contributed by atoms with Crippen molar-refractivity contribution < 1.29 is 24.5 Å². The van der Waals surface area contributed by atoms with Crippen molar-refractivity contribution in [1.82, 2.24) is 0 Å². The second-order valence-corrected chi connectivity index (χ2v) is 1.78. The lowest BCUT2D eigenvalue weighted by molar-refractivity contribution is -0.132. The van der Waals surface area contributed by atoms with Crippen molar-refractivity contribution in [2.75, 3.05) is 6.61 Å². The Labute approximate surface area is 70.3 Å². The molecule has 0 bridgehead atoms. The van der Waals surface area contributed by atoms with Gasteiger partial charge in [-0.05, 0) is 13.8 Å². The molecule has 0 aromatic carbocycles. The molecule has 0 aromatic heterocycles. The number of carboxylic acids is 1. The Morgan fingerprint density at radius 1 is 1.42 bits per heavy atom. The standard InChI is InChI=1S/C4H6O2.C3H6O3/c1-3(2)4(5)6;1-2-6-3(4)5/h1H2,2H3,(H,5,6);2H2,1H3,(H,4,5). The first-order valence-corrected chi connectivity index (χ1v) is 3.16.